The van der Waals surface area contributed by atoms with Gasteiger partial charge in [0.15, 0.2) is 6.29 Å². The van der Waals surface area contributed by atoms with Gasteiger partial charge >= 0.3 is 103 Å². The van der Waals surface area contributed by atoms with Gasteiger partial charge in [0.05, 0.1) is 0 Å². The topological polar surface area (TPSA) is 90.9 Å². The molecule has 27 heavy (non-hydrogen) atoms. The van der Waals surface area contributed by atoms with Crippen molar-refractivity contribution in [1.29, 1.82) is 0 Å². The van der Waals surface area contributed by atoms with Gasteiger partial charge < -0.3 is 19.1 Å². The summed E-state index contributed by atoms with van der Waals surface area (Å²) in [5.74, 6) is 0. The molecule has 0 aliphatic rings. The van der Waals surface area contributed by atoms with Crippen LogP contribution in [0.2, 0.25) is 0 Å². The minimum absolute atomic E-state index is 0. The standard InChI is InChI=1S/C18H39O6P.2K/c1-3-5-6-7-8-9-10-11-12-13-14-15-16-17-18(22-4-2)23-24-25(19,20)21;;/h18H,3-17H2,1-2H3,(H2,19,20,21);;/q;2*+1/p-2. The van der Waals surface area contributed by atoms with Crippen molar-refractivity contribution in [3.8, 4) is 0 Å². The van der Waals surface area contributed by atoms with Crippen molar-refractivity contribution in [3.05, 3.63) is 0 Å². The Morgan fingerprint density at radius 2 is 1.15 bits per heavy atom. The van der Waals surface area contributed by atoms with Crippen LogP contribution in [0.3, 0.4) is 0 Å². The zero-order valence-electron chi connectivity index (χ0n) is 18.1. The molecule has 0 amide bonds. The molecule has 9 heteroatoms. The van der Waals surface area contributed by atoms with E-state index < -0.39 is 14.1 Å². The fraction of sp³-hybridized carbons (Fsp3) is 1.00. The van der Waals surface area contributed by atoms with E-state index in [4.69, 9.17) is 4.74 Å². The van der Waals surface area contributed by atoms with Crippen molar-refractivity contribution in [2.24, 2.45) is 0 Å². The summed E-state index contributed by atoms with van der Waals surface area (Å²) in [6, 6.07) is 0. The predicted molar refractivity (Wildman–Crippen MR) is 95.5 cm³/mol. The van der Waals surface area contributed by atoms with Crippen LogP contribution in [0.25, 0.3) is 0 Å². The third kappa shape index (κ3) is 29.3. The molecule has 0 aliphatic carbocycles. The van der Waals surface area contributed by atoms with E-state index in [-0.39, 0.29) is 103 Å². The Hall–Kier alpha value is 3.30. The first-order valence-electron chi connectivity index (χ1n) is 9.98. The Morgan fingerprint density at radius 3 is 1.52 bits per heavy atom. The van der Waals surface area contributed by atoms with Gasteiger partial charge in [0, 0.05) is 13.0 Å². The Bertz CT molecular complexity index is 331. The van der Waals surface area contributed by atoms with Gasteiger partial charge in [-0.3, -0.25) is 0 Å². The monoisotopic (exact) mass is 458 g/mol. The number of phosphoric acid groups is 1. The number of hydrogen-bond acceptors (Lipinski definition) is 6. The molecule has 0 fully saturated rings. The molecule has 0 N–H and O–H groups in total. The molecule has 1 unspecified atom stereocenters. The molecule has 0 rings (SSSR count). The van der Waals surface area contributed by atoms with Crippen LogP contribution in [0.5, 0.6) is 0 Å². The fourth-order valence-electron chi connectivity index (χ4n) is 2.77. The first-order valence-corrected chi connectivity index (χ1v) is 11.4. The van der Waals surface area contributed by atoms with Gasteiger partial charge in [-0.15, -0.1) is 0 Å². The van der Waals surface area contributed by atoms with Gasteiger partial charge in [-0.1, -0.05) is 84.0 Å². The van der Waals surface area contributed by atoms with Gasteiger partial charge in [0.25, 0.3) is 0 Å². The first kappa shape index (κ1) is 34.9. The predicted octanol–water partition coefficient (Wildman–Crippen LogP) is -1.38. The van der Waals surface area contributed by atoms with E-state index in [9.17, 15) is 14.4 Å². The third-order valence-electron chi connectivity index (χ3n) is 4.14. The van der Waals surface area contributed by atoms with E-state index in [0.29, 0.717) is 13.0 Å². The molecular formula is C18H37K2O6P. The molecule has 152 valence electrons. The Balaban J connectivity index is -0.00000288. The quantitative estimate of drug-likeness (QED) is 0.0592. The van der Waals surface area contributed by atoms with E-state index in [1.165, 1.54) is 64.2 Å². The first-order chi connectivity index (χ1) is 12.0. The van der Waals surface area contributed by atoms with Gasteiger partial charge in [-0.05, 0) is 13.3 Å². The summed E-state index contributed by atoms with van der Waals surface area (Å²) < 4.78 is 19.4. The van der Waals surface area contributed by atoms with Gasteiger partial charge in [-0.25, -0.2) is 9.56 Å². The largest absolute Gasteiger partial charge is 1.00 e. The van der Waals surface area contributed by atoms with Crippen LogP contribution in [-0.4, -0.2) is 12.9 Å². The van der Waals surface area contributed by atoms with E-state index in [1.807, 2.05) is 0 Å². The third-order valence-corrected chi connectivity index (χ3v) is 4.41. The maximum atomic E-state index is 10.4. The zero-order valence-corrected chi connectivity index (χ0v) is 25.2. The maximum absolute atomic E-state index is 10.4. The average molecular weight is 459 g/mol. The molecule has 0 bridgehead atoms. The van der Waals surface area contributed by atoms with E-state index in [2.05, 4.69) is 16.5 Å². The van der Waals surface area contributed by atoms with Crippen molar-refractivity contribution in [3.63, 3.8) is 0 Å². The molecule has 0 aliphatic heterocycles. The molecular weight excluding hydrogens is 421 g/mol. The number of ether oxygens (including phenoxy) is 1. The summed E-state index contributed by atoms with van der Waals surface area (Å²) in [6.45, 7) is 4.39. The van der Waals surface area contributed by atoms with Crippen molar-refractivity contribution in [1.82, 2.24) is 0 Å². The molecule has 0 spiro atoms. The Morgan fingerprint density at radius 1 is 0.741 bits per heavy atom. The fourth-order valence-corrected chi connectivity index (χ4v) is 2.98. The van der Waals surface area contributed by atoms with Gasteiger partial charge in [0.1, 0.15) is 7.82 Å². The van der Waals surface area contributed by atoms with Crippen LogP contribution >= 0.6 is 7.82 Å². The minimum Gasteiger partial charge on any atom is -0.788 e. The van der Waals surface area contributed by atoms with Crippen LogP contribution in [0, 0.1) is 0 Å². The van der Waals surface area contributed by atoms with E-state index in [1.54, 1.807) is 6.92 Å². The zero-order chi connectivity index (χ0) is 18.8. The Labute approximate surface area is 251 Å². The van der Waals surface area contributed by atoms with Crippen molar-refractivity contribution in [2.75, 3.05) is 6.61 Å². The summed E-state index contributed by atoms with van der Waals surface area (Å²) in [4.78, 5) is 25.3. The second-order valence-corrected chi connectivity index (χ2v) is 7.58. The number of unbranched alkanes of at least 4 members (excludes halogenated alkanes) is 12. The molecule has 0 radical (unpaired) electrons. The normalized spacial score (nSPS) is 12.3. The van der Waals surface area contributed by atoms with Crippen molar-refractivity contribution >= 4 is 7.82 Å². The molecule has 0 aromatic carbocycles. The molecule has 6 nitrogen and oxygen atoms in total. The molecule has 0 heterocycles. The van der Waals surface area contributed by atoms with Crippen LogP contribution in [-0.2, 0) is 18.9 Å². The second kappa shape index (κ2) is 25.6. The van der Waals surface area contributed by atoms with Gasteiger partial charge in [0.2, 0.25) is 0 Å². The van der Waals surface area contributed by atoms with Gasteiger partial charge in [-0.2, -0.15) is 0 Å². The van der Waals surface area contributed by atoms with Crippen molar-refractivity contribution < 1.29 is 131 Å². The van der Waals surface area contributed by atoms with Crippen LogP contribution in [0.4, 0.5) is 0 Å². The SMILES string of the molecule is CCCCCCCCCCCCCCCC(OCC)OOP(=O)([O-])[O-].[K+].[K+]. The maximum Gasteiger partial charge on any atom is 1.00 e. The van der Waals surface area contributed by atoms with Crippen LogP contribution < -0.4 is 113 Å². The molecule has 0 saturated carbocycles. The summed E-state index contributed by atoms with van der Waals surface area (Å²) in [5.41, 5.74) is 0. The molecule has 0 saturated heterocycles. The number of rotatable bonds is 19. The summed E-state index contributed by atoms with van der Waals surface area (Å²) in [7, 11) is -5.12. The number of hydrogen-bond donors (Lipinski definition) is 0. The van der Waals surface area contributed by atoms with Crippen LogP contribution in [0.15, 0.2) is 0 Å². The second-order valence-electron chi connectivity index (χ2n) is 6.53. The van der Waals surface area contributed by atoms with E-state index >= 15 is 0 Å². The van der Waals surface area contributed by atoms with E-state index in [0.717, 1.165) is 19.3 Å². The molecule has 0 aromatic rings. The summed E-state index contributed by atoms with van der Waals surface area (Å²) in [6.07, 6.45) is 16.1. The average Bonchev–Trinajstić information content (AvgIpc) is 2.56. The van der Waals surface area contributed by atoms with Crippen LogP contribution in [0.1, 0.15) is 104 Å². The molecule has 0 aromatic heterocycles. The molecule has 1 atom stereocenters. The Kier molecular flexibility index (Phi) is 33.0. The summed E-state index contributed by atoms with van der Waals surface area (Å²) in [5, 5.41) is 0. The van der Waals surface area contributed by atoms with Crippen molar-refractivity contribution in [2.45, 2.75) is 110 Å². The smallest absolute Gasteiger partial charge is 0.788 e. The minimum atomic E-state index is -5.12. The summed E-state index contributed by atoms with van der Waals surface area (Å²) >= 11 is 0.